The quantitative estimate of drug-likeness (QED) is 0.562. The minimum atomic E-state index is -0.610. The predicted molar refractivity (Wildman–Crippen MR) is 69.5 cm³/mol. The lowest BCUT2D eigenvalue weighted by molar-refractivity contribution is -0.123. The van der Waals surface area contributed by atoms with E-state index in [2.05, 4.69) is 12.2 Å². The van der Waals surface area contributed by atoms with Crippen LogP contribution < -0.4 is 11.1 Å². The molecule has 0 heterocycles. The third-order valence-corrected chi connectivity index (χ3v) is 3.90. The third kappa shape index (κ3) is 5.72. The van der Waals surface area contributed by atoms with Crippen LogP contribution in [0.2, 0.25) is 0 Å². The lowest BCUT2D eigenvalue weighted by atomic mass is 9.98. The summed E-state index contributed by atoms with van der Waals surface area (Å²) in [5.74, 6) is 0.568. The monoisotopic (exact) mass is 248 g/mol. The van der Waals surface area contributed by atoms with Gasteiger partial charge in [0.05, 0.1) is 5.54 Å². The van der Waals surface area contributed by atoms with Crippen LogP contribution in [0.3, 0.4) is 0 Å². The second-order valence-electron chi connectivity index (χ2n) is 4.17. The van der Waals surface area contributed by atoms with Gasteiger partial charge in [0.25, 0.3) is 0 Å². The number of amides is 1. The summed E-state index contributed by atoms with van der Waals surface area (Å²) in [5, 5.41) is 12.3. The smallest absolute Gasteiger partial charge is 0.237 e. The maximum Gasteiger partial charge on any atom is 0.237 e. The zero-order valence-electron chi connectivity index (χ0n) is 10.5. The summed E-state index contributed by atoms with van der Waals surface area (Å²) >= 11 is 1.76. The molecule has 0 aliphatic carbocycles. The van der Waals surface area contributed by atoms with E-state index in [1.165, 1.54) is 0 Å². The predicted octanol–water partition coefficient (Wildman–Crippen LogP) is 0.734. The molecule has 0 aromatic heterocycles. The molecule has 2 unspecified atom stereocenters. The molecule has 0 rings (SSSR count). The molecule has 0 spiro atoms. The highest BCUT2D eigenvalue weighted by molar-refractivity contribution is 7.99. The Balaban J connectivity index is 3.99. The number of aliphatic hydroxyl groups is 1. The van der Waals surface area contributed by atoms with Crippen LogP contribution in [0.1, 0.15) is 33.6 Å². The number of carbonyl (C=O) groups excluding carboxylic acids is 1. The van der Waals surface area contributed by atoms with E-state index < -0.39 is 5.54 Å². The highest BCUT2D eigenvalue weighted by Crippen LogP contribution is 2.19. The Hall–Kier alpha value is -0.260. The Morgan fingerprint density at radius 3 is 2.69 bits per heavy atom. The number of rotatable bonds is 9. The van der Waals surface area contributed by atoms with Gasteiger partial charge in [-0.15, -0.1) is 0 Å². The summed E-state index contributed by atoms with van der Waals surface area (Å²) in [6, 6.07) is 0. The molecule has 1 amide bonds. The molecule has 5 heteroatoms. The summed E-state index contributed by atoms with van der Waals surface area (Å²) in [4.78, 5) is 11.3. The van der Waals surface area contributed by atoms with E-state index in [0.717, 1.165) is 25.1 Å². The molecule has 0 saturated heterocycles. The van der Waals surface area contributed by atoms with Gasteiger partial charge in [-0.3, -0.25) is 4.79 Å². The van der Waals surface area contributed by atoms with Gasteiger partial charge in [0.15, 0.2) is 0 Å². The van der Waals surface area contributed by atoms with Gasteiger partial charge in [0.2, 0.25) is 5.91 Å². The van der Waals surface area contributed by atoms with E-state index in [1.54, 1.807) is 11.8 Å². The van der Waals surface area contributed by atoms with Gasteiger partial charge in [0.1, 0.15) is 0 Å². The molecule has 0 aliphatic heterocycles. The second-order valence-corrected chi connectivity index (χ2v) is 5.72. The number of hydrogen-bond donors (Lipinski definition) is 3. The Bertz CT molecular complexity index is 214. The van der Waals surface area contributed by atoms with E-state index in [0.29, 0.717) is 5.25 Å². The number of primary amides is 1. The lowest BCUT2D eigenvalue weighted by Crippen LogP contribution is -2.53. The van der Waals surface area contributed by atoms with Crippen molar-refractivity contribution in [2.45, 2.75) is 44.4 Å². The zero-order chi connectivity index (χ0) is 12.6. The van der Waals surface area contributed by atoms with Crippen molar-refractivity contribution in [3.63, 3.8) is 0 Å². The Morgan fingerprint density at radius 2 is 2.25 bits per heavy atom. The van der Waals surface area contributed by atoms with E-state index in [9.17, 15) is 4.79 Å². The fourth-order valence-electron chi connectivity index (χ4n) is 1.42. The maximum absolute atomic E-state index is 11.3. The van der Waals surface area contributed by atoms with Crippen LogP contribution in [0, 0.1) is 0 Å². The Morgan fingerprint density at radius 1 is 1.62 bits per heavy atom. The standard InChI is InChI=1S/C11H24N2O2S/c1-4-13-11(3,10(12)15)6-8-16-9(2)5-7-14/h9,13-14H,4-8H2,1-3H3,(H2,12,15). The van der Waals surface area contributed by atoms with Crippen LogP contribution >= 0.6 is 11.8 Å². The number of hydrogen-bond acceptors (Lipinski definition) is 4. The molecule has 0 radical (unpaired) electrons. The van der Waals surface area contributed by atoms with Crippen LogP contribution in [0.25, 0.3) is 0 Å². The van der Waals surface area contributed by atoms with Crippen LogP contribution in [0.5, 0.6) is 0 Å². The summed E-state index contributed by atoms with van der Waals surface area (Å²) in [7, 11) is 0. The van der Waals surface area contributed by atoms with Crippen molar-refractivity contribution < 1.29 is 9.90 Å². The molecule has 0 aromatic rings. The van der Waals surface area contributed by atoms with Gasteiger partial charge in [0, 0.05) is 11.9 Å². The molecule has 4 N–H and O–H groups in total. The van der Waals surface area contributed by atoms with Crippen molar-refractivity contribution in [3.05, 3.63) is 0 Å². The minimum absolute atomic E-state index is 0.217. The molecule has 96 valence electrons. The number of likely N-dealkylation sites (N-methyl/N-ethyl adjacent to an activating group) is 1. The summed E-state index contributed by atoms with van der Waals surface area (Å²) < 4.78 is 0. The minimum Gasteiger partial charge on any atom is -0.396 e. The molecule has 4 nitrogen and oxygen atoms in total. The van der Waals surface area contributed by atoms with Gasteiger partial charge in [-0.05, 0) is 32.1 Å². The number of aliphatic hydroxyl groups excluding tert-OH is 1. The lowest BCUT2D eigenvalue weighted by Gasteiger charge is -2.27. The summed E-state index contributed by atoms with van der Waals surface area (Å²) in [6.45, 7) is 6.83. The topological polar surface area (TPSA) is 75.3 Å². The highest BCUT2D eigenvalue weighted by Gasteiger charge is 2.29. The maximum atomic E-state index is 11.3. The zero-order valence-corrected chi connectivity index (χ0v) is 11.3. The number of nitrogens with two attached hydrogens (primary N) is 1. The first-order chi connectivity index (χ1) is 7.46. The number of thioether (sulfide) groups is 1. The molecular formula is C11H24N2O2S. The van der Waals surface area contributed by atoms with Crippen molar-refractivity contribution >= 4 is 17.7 Å². The number of carbonyl (C=O) groups is 1. The first-order valence-electron chi connectivity index (χ1n) is 5.73. The molecular weight excluding hydrogens is 224 g/mol. The first-order valence-corrected chi connectivity index (χ1v) is 6.78. The van der Waals surface area contributed by atoms with Crippen LogP contribution in [0.15, 0.2) is 0 Å². The molecule has 0 bridgehead atoms. The van der Waals surface area contributed by atoms with E-state index >= 15 is 0 Å². The fourth-order valence-corrected chi connectivity index (χ4v) is 2.62. The normalized spacial score (nSPS) is 16.8. The molecule has 0 aliphatic rings. The SMILES string of the molecule is CCNC(C)(CCSC(C)CCO)C(N)=O. The fraction of sp³-hybridized carbons (Fsp3) is 0.909. The largest absolute Gasteiger partial charge is 0.396 e. The van der Waals surface area contributed by atoms with Crippen molar-refractivity contribution in [2.24, 2.45) is 5.73 Å². The van der Waals surface area contributed by atoms with Crippen LogP contribution in [-0.2, 0) is 4.79 Å². The third-order valence-electron chi connectivity index (χ3n) is 2.65. The molecule has 2 atom stereocenters. The first kappa shape index (κ1) is 15.7. The molecule has 16 heavy (non-hydrogen) atoms. The molecule has 0 fully saturated rings. The number of nitrogens with one attached hydrogen (secondary N) is 1. The average molecular weight is 248 g/mol. The van der Waals surface area contributed by atoms with Gasteiger partial charge in [-0.1, -0.05) is 13.8 Å². The van der Waals surface area contributed by atoms with E-state index in [1.807, 2.05) is 13.8 Å². The summed E-state index contributed by atoms with van der Waals surface area (Å²) in [6.07, 6.45) is 1.51. The highest BCUT2D eigenvalue weighted by atomic mass is 32.2. The van der Waals surface area contributed by atoms with Crippen LogP contribution in [-0.4, -0.2) is 40.7 Å². The van der Waals surface area contributed by atoms with Gasteiger partial charge >= 0.3 is 0 Å². The molecule has 0 aromatic carbocycles. The van der Waals surface area contributed by atoms with Crippen molar-refractivity contribution in [2.75, 3.05) is 18.9 Å². The van der Waals surface area contributed by atoms with Gasteiger partial charge in [-0.25, -0.2) is 0 Å². The molecule has 0 saturated carbocycles. The van der Waals surface area contributed by atoms with Gasteiger partial charge in [-0.2, -0.15) is 11.8 Å². The van der Waals surface area contributed by atoms with Crippen molar-refractivity contribution in [1.29, 1.82) is 0 Å². The second kappa shape index (κ2) is 7.92. The van der Waals surface area contributed by atoms with Crippen molar-refractivity contribution in [3.8, 4) is 0 Å². The van der Waals surface area contributed by atoms with Crippen molar-refractivity contribution in [1.82, 2.24) is 5.32 Å². The summed E-state index contributed by atoms with van der Waals surface area (Å²) in [5.41, 5.74) is 4.77. The Kier molecular flexibility index (Phi) is 7.80. The van der Waals surface area contributed by atoms with E-state index in [4.69, 9.17) is 10.8 Å². The Labute approximate surface area is 102 Å². The van der Waals surface area contributed by atoms with E-state index in [-0.39, 0.29) is 12.5 Å². The van der Waals surface area contributed by atoms with Crippen LogP contribution in [0.4, 0.5) is 0 Å². The van der Waals surface area contributed by atoms with Gasteiger partial charge < -0.3 is 16.2 Å². The average Bonchev–Trinajstić information content (AvgIpc) is 2.18.